The number of hydrogen-bond acceptors (Lipinski definition) is 5. The molecule has 1 saturated heterocycles. The minimum absolute atomic E-state index is 0.0605. The van der Waals surface area contributed by atoms with Gasteiger partial charge in [-0.05, 0) is 54.9 Å². The maximum atomic E-state index is 14.7. The van der Waals surface area contributed by atoms with Crippen molar-refractivity contribution in [1.82, 2.24) is 4.90 Å². The monoisotopic (exact) mass is 488 g/mol. The average Bonchev–Trinajstić information content (AvgIpc) is 3.43. The first kappa shape index (κ1) is 22.1. The highest BCUT2D eigenvalue weighted by Gasteiger charge is 2.75. The van der Waals surface area contributed by atoms with Gasteiger partial charge in [0.05, 0.1) is 19.6 Å². The van der Waals surface area contributed by atoms with Gasteiger partial charge < -0.3 is 14.8 Å². The Bertz CT molecular complexity index is 1390. The summed E-state index contributed by atoms with van der Waals surface area (Å²) in [6.07, 6.45) is 0.394. The lowest BCUT2D eigenvalue weighted by Crippen LogP contribution is -2.58. The van der Waals surface area contributed by atoms with Crippen LogP contribution in [0.15, 0.2) is 60.7 Å². The van der Waals surface area contributed by atoms with Crippen LogP contribution >= 0.6 is 11.6 Å². The number of hydrogen-bond donors (Lipinski definition) is 1. The van der Waals surface area contributed by atoms with Gasteiger partial charge in [-0.1, -0.05) is 41.9 Å². The number of likely N-dealkylation sites (tertiary alicyclic amines) is 1. The second-order valence-corrected chi connectivity index (χ2v) is 9.98. The summed E-state index contributed by atoms with van der Waals surface area (Å²) < 4.78 is 11.1. The van der Waals surface area contributed by atoms with Gasteiger partial charge in [0.15, 0.2) is 17.3 Å². The lowest BCUT2D eigenvalue weighted by Gasteiger charge is -2.43. The second-order valence-electron chi connectivity index (χ2n) is 9.54. The molecule has 7 heteroatoms. The van der Waals surface area contributed by atoms with E-state index in [1.165, 1.54) is 0 Å². The molecule has 0 aromatic heterocycles. The van der Waals surface area contributed by atoms with Crippen molar-refractivity contribution in [1.29, 1.82) is 0 Å². The molecule has 2 heterocycles. The van der Waals surface area contributed by atoms with E-state index in [0.717, 1.165) is 16.7 Å². The maximum Gasteiger partial charge on any atom is 0.250 e. The number of ketones is 1. The Hall–Kier alpha value is -3.35. The second kappa shape index (κ2) is 7.57. The fourth-order valence-corrected chi connectivity index (χ4v) is 6.96. The van der Waals surface area contributed by atoms with Crippen LogP contribution in [0.4, 0.5) is 5.69 Å². The van der Waals surface area contributed by atoms with Gasteiger partial charge in [-0.15, -0.1) is 0 Å². The van der Waals surface area contributed by atoms with E-state index in [2.05, 4.69) is 5.32 Å². The summed E-state index contributed by atoms with van der Waals surface area (Å²) in [5.74, 6) is 0.575. The third-order valence-corrected chi connectivity index (χ3v) is 8.38. The van der Waals surface area contributed by atoms with Crippen LogP contribution < -0.4 is 14.8 Å². The molecule has 1 fully saturated rings. The highest BCUT2D eigenvalue weighted by atomic mass is 35.5. The maximum absolute atomic E-state index is 14.7. The molecule has 0 bridgehead atoms. The van der Waals surface area contributed by atoms with E-state index in [9.17, 15) is 9.59 Å². The Kier molecular flexibility index (Phi) is 4.79. The molecule has 178 valence electrons. The highest BCUT2D eigenvalue weighted by Crippen LogP contribution is 2.67. The lowest BCUT2D eigenvalue weighted by atomic mass is 9.59. The minimum atomic E-state index is -1.22. The Morgan fingerprint density at radius 1 is 1.00 bits per heavy atom. The Morgan fingerprint density at radius 3 is 2.43 bits per heavy atom. The first-order valence-electron chi connectivity index (χ1n) is 11.6. The van der Waals surface area contributed by atoms with Crippen LogP contribution in [0.5, 0.6) is 11.5 Å². The van der Waals surface area contributed by atoms with Gasteiger partial charge in [-0.25, -0.2) is 0 Å². The van der Waals surface area contributed by atoms with Crippen LogP contribution in [0.2, 0.25) is 5.02 Å². The number of ether oxygens (including phenoxy) is 2. The summed E-state index contributed by atoms with van der Waals surface area (Å²) in [4.78, 5) is 30.8. The number of methoxy groups -OCH3 is 2. The van der Waals surface area contributed by atoms with Gasteiger partial charge in [0.2, 0.25) is 0 Å². The van der Waals surface area contributed by atoms with E-state index in [1.807, 2.05) is 60.5 Å². The van der Waals surface area contributed by atoms with Crippen LogP contribution in [0.1, 0.15) is 33.0 Å². The van der Waals surface area contributed by atoms with Gasteiger partial charge >= 0.3 is 0 Å². The first-order valence-corrected chi connectivity index (χ1v) is 11.9. The van der Waals surface area contributed by atoms with Crippen molar-refractivity contribution in [3.63, 3.8) is 0 Å². The molecule has 0 saturated carbocycles. The van der Waals surface area contributed by atoms with Crippen LogP contribution in [-0.2, 0) is 16.8 Å². The topological polar surface area (TPSA) is 67.9 Å². The SMILES string of the molecule is COc1cc2c(cc1OC)C(=O)C1(C2)C(c2ccccc2)CN(C)C12C(=O)Nc1ccc(Cl)cc12. The Balaban J connectivity index is 1.67. The number of benzene rings is 3. The molecule has 3 unspecified atom stereocenters. The molecule has 3 aromatic carbocycles. The summed E-state index contributed by atoms with van der Waals surface area (Å²) in [7, 11) is 5.06. The fourth-order valence-electron chi connectivity index (χ4n) is 6.79. The van der Waals surface area contributed by atoms with Crippen molar-refractivity contribution in [2.75, 3.05) is 33.1 Å². The molecule has 2 aliphatic heterocycles. The number of carbonyl (C=O) groups is 2. The summed E-state index contributed by atoms with van der Waals surface area (Å²) in [5.41, 5.74) is 1.59. The third-order valence-electron chi connectivity index (χ3n) is 8.15. The number of amides is 1. The smallest absolute Gasteiger partial charge is 0.250 e. The van der Waals surface area contributed by atoms with Crippen LogP contribution in [0, 0.1) is 5.41 Å². The third kappa shape index (κ3) is 2.64. The van der Waals surface area contributed by atoms with E-state index < -0.39 is 11.0 Å². The summed E-state index contributed by atoms with van der Waals surface area (Å²) in [6.45, 7) is 0.539. The van der Waals surface area contributed by atoms with Gasteiger partial charge in [-0.3, -0.25) is 14.5 Å². The van der Waals surface area contributed by atoms with Crippen LogP contribution in [0.3, 0.4) is 0 Å². The number of rotatable bonds is 3. The quantitative estimate of drug-likeness (QED) is 0.581. The molecule has 3 aromatic rings. The van der Waals surface area contributed by atoms with Crippen molar-refractivity contribution in [2.45, 2.75) is 17.9 Å². The minimum Gasteiger partial charge on any atom is -0.493 e. The number of carbonyl (C=O) groups excluding carboxylic acids is 2. The molecule has 1 amide bonds. The zero-order chi connectivity index (χ0) is 24.5. The fraction of sp³-hybridized carbons (Fsp3) is 0.286. The van der Waals surface area contributed by atoms with Crippen molar-refractivity contribution < 1.29 is 19.1 Å². The van der Waals surface area contributed by atoms with E-state index in [1.54, 1.807) is 26.4 Å². The number of nitrogens with one attached hydrogen (secondary N) is 1. The molecule has 35 heavy (non-hydrogen) atoms. The van der Waals surface area contributed by atoms with E-state index >= 15 is 0 Å². The Labute approximate surface area is 208 Å². The van der Waals surface area contributed by atoms with Crippen molar-refractivity contribution in [2.24, 2.45) is 5.41 Å². The molecule has 3 atom stereocenters. The van der Waals surface area contributed by atoms with Gasteiger partial charge in [0.25, 0.3) is 5.91 Å². The van der Waals surface area contributed by atoms with E-state index in [4.69, 9.17) is 21.1 Å². The zero-order valence-corrected chi connectivity index (χ0v) is 20.5. The molecular formula is C28H25ClN2O4. The highest BCUT2D eigenvalue weighted by molar-refractivity contribution is 6.31. The van der Waals surface area contributed by atoms with E-state index in [-0.39, 0.29) is 17.6 Å². The normalized spacial score (nSPS) is 26.8. The molecule has 3 aliphatic rings. The number of likely N-dealkylation sites (N-methyl/N-ethyl adjacent to an activating group) is 1. The predicted octanol–water partition coefficient (Wildman–Crippen LogP) is 4.66. The number of nitrogens with zero attached hydrogens (tertiary/aromatic N) is 1. The van der Waals surface area contributed by atoms with Crippen molar-refractivity contribution in [3.05, 3.63) is 87.9 Å². The summed E-state index contributed by atoms with van der Waals surface area (Å²) in [6, 6.07) is 19.0. The molecule has 1 N–H and O–H groups in total. The number of fused-ring (bicyclic) bond motifs is 4. The molecule has 2 spiro atoms. The predicted molar refractivity (Wildman–Crippen MR) is 134 cm³/mol. The average molecular weight is 489 g/mol. The molecule has 0 radical (unpaired) electrons. The Morgan fingerprint density at radius 2 is 1.71 bits per heavy atom. The summed E-state index contributed by atoms with van der Waals surface area (Å²) >= 11 is 6.46. The molecule has 6 rings (SSSR count). The molecule has 6 nitrogen and oxygen atoms in total. The number of Topliss-reactive ketones (excluding diaryl/α,β-unsaturated/α-hetero) is 1. The number of anilines is 1. The van der Waals surface area contributed by atoms with Crippen LogP contribution in [0.25, 0.3) is 0 Å². The summed E-state index contributed by atoms with van der Waals surface area (Å²) in [5, 5.41) is 3.59. The largest absolute Gasteiger partial charge is 0.493 e. The van der Waals surface area contributed by atoms with Gasteiger partial charge in [-0.2, -0.15) is 0 Å². The van der Waals surface area contributed by atoms with Crippen LogP contribution in [-0.4, -0.2) is 44.4 Å². The molecular weight excluding hydrogens is 464 g/mol. The molecule has 1 aliphatic carbocycles. The lowest BCUT2D eigenvalue weighted by molar-refractivity contribution is -0.130. The van der Waals surface area contributed by atoms with Gasteiger partial charge in [0.1, 0.15) is 5.54 Å². The first-order chi connectivity index (χ1) is 16.9. The number of halogens is 1. The standard InChI is InChI=1S/C28H25ClN2O4/c1-31-15-21(16-7-5-4-6-8-16)27(28(31)20-12-18(29)9-10-22(20)30-26(28)33)14-17-11-23(34-2)24(35-3)13-19(17)25(27)32/h4-13,21H,14-15H2,1-3H3,(H,30,33). The van der Waals surface area contributed by atoms with Crippen molar-refractivity contribution in [3.8, 4) is 11.5 Å². The van der Waals surface area contributed by atoms with E-state index in [0.29, 0.717) is 40.7 Å². The zero-order valence-electron chi connectivity index (χ0n) is 19.7. The van der Waals surface area contributed by atoms with Crippen molar-refractivity contribution >= 4 is 29.0 Å². The van der Waals surface area contributed by atoms with Gasteiger partial charge in [0, 0.05) is 34.3 Å².